The van der Waals surface area contributed by atoms with Crippen LogP contribution in [0.15, 0.2) is 34.2 Å². The Kier molecular flexibility index (Phi) is 6.50. The number of nitrogen functional groups attached to an aromatic ring is 1. The highest BCUT2D eigenvalue weighted by Crippen LogP contribution is 2.33. The molecule has 3 rings (SSSR count). The van der Waals surface area contributed by atoms with Crippen molar-refractivity contribution in [1.82, 2.24) is 4.72 Å². The van der Waals surface area contributed by atoms with Crippen LogP contribution in [0.3, 0.4) is 0 Å². The number of aliphatic imine (C=N–C) groups is 1. The Morgan fingerprint density at radius 3 is 2.47 bits per heavy atom. The number of hydrogen-bond donors (Lipinski definition) is 2. The number of sulfonamides is 1. The first kappa shape index (κ1) is 23.2. The molecule has 0 aliphatic carbocycles. The van der Waals surface area contributed by atoms with E-state index in [1.54, 1.807) is 18.2 Å². The van der Waals surface area contributed by atoms with Gasteiger partial charge in [0.1, 0.15) is 33.9 Å². The molecule has 1 aliphatic rings. The normalized spacial score (nSPS) is 16.0. The number of thiophene rings is 1. The summed E-state index contributed by atoms with van der Waals surface area (Å²) >= 11 is 0.802. The van der Waals surface area contributed by atoms with Crippen molar-refractivity contribution in [3.63, 3.8) is 0 Å². The molecule has 0 fully saturated rings. The number of methoxy groups -OCH3 is 2. The zero-order valence-corrected chi connectivity index (χ0v) is 18.8. The number of carbonyl (C=O) groups is 3. The van der Waals surface area contributed by atoms with Crippen LogP contribution >= 0.6 is 11.3 Å². The average molecular weight is 482 g/mol. The molecule has 1 aliphatic heterocycles. The van der Waals surface area contributed by atoms with Crippen molar-refractivity contribution in [2.45, 2.75) is 24.5 Å². The number of ether oxygens (including phenoxy) is 3. The van der Waals surface area contributed by atoms with Crippen molar-refractivity contribution >= 4 is 50.1 Å². The number of rotatable bonds is 6. The highest BCUT2D eigenvalue weighted by molar-refractivity contribution is 7.90. The molecule has 2 aromatic rings. The maximum Gasteiger partial charge on any atom is 0.348 e. The third-order valence-corrected chi connectivity index (χ3v) is 6.92. The third-order valence-electron chi connectivity index (χ3n) is 4.48. The van der Waals surface area contributed by atoms with E-state index in [2.05, 4.69) is 14.5 Å². The second-order valence-electron chi connectivity index (χ2n) is 6.50. The van der Waals surface area contributed by atoms with E-state index in [-0.39, 0.29) is 31.7 Å². The molecular formula is C19H19N3O8S2. The minimum Gasteiger partial charge on any atom is -0.465 e. The van der Waals surface area contributed by atoms with Crippen LogP contribution in [0, 0.1) is 0 Å². The van der Waals surface area contributed by atoms with E-state index in [1.807, 2.05) is 0 Å². The van der Waals surface area contributed by atoms with Crippen LogP contribution in [0.25, 0.3) is 0 Å². The Morgan fingerprint density at radius 2 is 1.81 bits per heavy atom. The first-order valence-electron chi connectivity index (χ1n) is 9.05. The number of benzene rings is 1. The summed E-state index contributed by atoms with van der Waals surface area (Å²) in [5, 5.41) is 0.00793. The van der Waals surface area contributed by atoms with Crippen molar-refractivity contribution in [1.29, 1.82) is 0 Å². The van der Waals surface area contributed by atoms with Gasteiger partial charge in [-0.05, 0) is 19.1 Å². The van der Waals surface area contributed by atoms with Gasteiger partial charge in [0.25, 0.3) is 10.0 Å². The van der Waals surface area contributed by atoms with Gasteiger partial charge < -0.3 is 19.9 Å². The van der Waals surface area contributed by atoms with Gasteiger partial charge in [-0.3, -0.25) is 9.71 Å². The maximum absolute atomic E-state index is 12.5. The summed E-state index contributed by atoms with van der Waals surface area (Å²) in [5.41, 5.74) is 6.12. The van der Waals surface area contributed by atoms with Crippen LogP contribution in [-0.4, -0.2) is 52.4 Å². The molecule has 0 saturated heterocycles. The first-order chi connectivity index (χ1) is 15.1. The Bertz CT molecular complexity index is 1230. The summed E-state index contributed by atoms with van der Waals surface area (Å²) < 4.78 is 41.3. The minimum atomic E-state index is -3.76. The zero-order chi connectivity index (χ0) is 23.6. The molecule has 0 amide bonds. The van der Waals surface area contributed by atoms with Crippen LogP contribution in [0.2, 0.25) is 0 Å². The molecule has 0 spiro atoms. The Morgan fingerprint density at radius 1 is 1.16 bits per heavy atom. The smallest absolute Gasteiger partial charge is 0.348 e. The van der Waals surface area contributed by atoms with E-state index in [1.165, 1.54) is 13.0 Å². The van der Waals surface area contributed by atoms with E-state index in [0.717, 1.165) is 25.6 Å². The topological polar surface area (TPSA) is 163 Å². The van der Waals surface area contributed by atoms with E-state index in [9.17, 15) is 22.8 Å². The highest BCUT2D eigenvalue weighted by atomic mass is 32.2. The lowest BCUT2D eigenvalue weighted by Crippen LogP contribution is -2.27. The van der Waals surface area contributed by atoms with Crippen LogP contribution < -0.4 is 10.5 Å². The van der Waals surface area contributed by atoms with Crippen molar-refractivity contribution in [2.24, 2.45) is 4.99 Å². The van der Waals surface area contributed by atoms with Gasteiger partial charge >= 0.3 is 17.9 Å². The van der Waals surface area contributed by atoms with Gasteiger partial charge in [0, 0.05) is 11.1 Å². The van der Waals surface area contributed by atoms with Crippen molar-refractivity contribution in [2.75, 3.05) is 20.0 Å². The van der Waals surface area contributed by atoms with E-state index in [0.29, 0.717) is 5.56 Å². The van der Waals surface area contributed by atoms with E-state index in [4.69, 9.17) is 15.2 Å². The second kappa shape index (κ2) is 8.96. The molecule has 170 valence electrons. The number of hydrogen-bond acceptors (Lipinski definition) is 11. The Balaban J connectivity index is 1.83. The minimum absolute atomic E-state index is 0.00496. The zero-order valence-electron chi connectivity index (χ0n) is 17.2. The molecule has 1 aromatic carbocycles. The molecular weight excluding hydrogens is 462 g/mol. The lowest BCUT2D eigenvalue weighted by Gasteiger charge is -2.11. The predicted octanol–water partition coefficient (Wildman–Crippen LogP) is 1.07. The maximum atomic E-state index is 12.5. The number of anilines is 1. The fraction of sp³-hybridized carbons (Fsp3) is 0.263. The van der Waals surface area contributed by atoms with Crippen LogP contribution in [0.4, 0.5) is 5.00 Å². The van der Waals surface area contributed by atoms with Gasteiger partial charge in [0.15, 0.2) is 0 Å². The van der Waals surface area contributed by atoms with Gasteiger partial charge in [-0.2, -0.15) is 0 Å². The van der Waals surface area contributed by atoms with Gasteiger partial charge in [0.05, 0.1) is 19.1 Å². The average Bonchev–Trinajstić information content (AvgIpc) is 3.24. The second-order valence-corrected chi connectivity index (χ2v) is 9.20. The standard InChI is InChI=1S/C19H19N3O8S2/c1-9(21-16-10-6-4-5-7-12(10)32(26,27)22-16)17(23)30-8-11-13(18(24)28-2)15(20)31-14(11)19(25)29-3/h4-7,9H,8,20H2,1-3H3,(H,21,22)/t9-/m1/s1. The molecule has 13 heteroatoms. The summed E-state index contributed by atoms with van der Waals surface area (Å²) in [6, 6.07) is 5.10. The number of nitrogens with zero attached hydrogens (tertiary/aromatic N) is 1. The summed E-state index contributed by atoms with van der Waals surface area (Å²) in [7, 11) is -1.46. The molecule has 2 heterocycles. The Hall–Kier alpha value is -3.45. The quantitative estimate of drug-likeness (QED) is 0.454. The number of esters is 3. The summed E-state index contributed by atoms with van der Waals surface area (Å²) in [6.45, 7) is 0.938. The number of carbonyl (C=O) groups excluding carboxylic acids is 3. The Labute approximate surface area is 187 Å². The van der Waals surface area contributed by atoms with Crippen LogP contribution in [0.1, 0.15) is 38.1 Å². The van der Waals surface area contributed by atoms with Crippen molar-refractivity contribution in [3.05, 3.63) is 45.8 Å². The van der Waals surface area contributed by atoms with Gasteiger partial charge in [-0.1, -0.05) is 12.1 Å². The summed E-state index contributed by atoms with van der Waals surface area (Å²) in [5.74, 6) is -2.37. The summed E-state index contributed by atoms with van der Waals surface area (Å²) in [6.07, 6.45) is 0. The van der Waals surface area contributed by atoms with E-state index < -0.39 is 40.6 Å². The number of nitrogens with two attached hydrogens (primary N) is 1. The molecule has 3 N–H and O–H groups in total. The fourth-order valence-electron chi connectivity index (χ4n) is 2.95. The van der Waals surface area contributed by atoms with Crippen LogP contribution in [-0.2, 0) is 35.6 Å². The predicted molar refractivity (Wildman–Crippen MR) is 114 cm³/mol. The monoisotopic (exact) mass is 481 g/mol. The van der Waals surface area contributed by atoms with E-state index >= 15 is 0 Å². The number of amidine groups is 1. The first-order valence-corrected chi connectivity index (χ1v) is 11.3. The highest BCUT2D eigenvalue weighted by Gasteiger charge is 2.32. The molecule has 0 unspecified atom stereocenters. The van der Waals surface area contributed by atoms with Crippen molar-refractivity contribution in [3.8, 4) is 0 Å². The molecule has 0 radical (unpaired) electrons. The number of fused-ring (bicyclic) bond motifs is 1. The van der Waals surface area contributed by atoms with Gasteiger partial charge in [-0.15, -0.1) is 11.3 Å². The van der Waals surface area contributed by atoms with Crippen LogP contribution in [0.5, 0.6) is 0 Å². The summed E-state index contributed by atoms with van der Waals surface area (Å²) in [4.78, 5) is 40.8. The van der Waals surface area contributed by atoms with Gasteiger partial charge in [-0.25, -0.2) is 22.8 Å². The van der Waals surface area contributed by atoms with Gasteiger partial charge in [0.2, 0.25) is 0 Å². The SMILES string of the molecule is COC(=O)c1sc(N)c(C(=O)OC)c1COC(=O)[C@@H](C)N=C1NS(=O)(=O)c2ccccc21. The molecule has 1 aromatic heterocycles. The molecule has 32 heavy (non-hydrogen) atoms. The fourth-order valence-corrected chi connectivity index (χ4v) is 5.16. The number of nitrogens with one attached hydrogen (secondary N) is 1. The van der Waals surface area contributed by atoms with Crippen molar-refractivity contribution < 1.29 is 37.0 Å². The molecule has 1 atom stereocenters. The molecule has 11 nitrogen and oxygen atoms in total. The lowest BCUT2D eigenvalue weighted by molar-refractivity contribution is -0.146. The molecule has 0 saturated carbocycles. The molecule has 0 bridgehead atoms. The lowest BCUT2D eigenvalue weighted by atomic mass is 10.1. The largest absolute Gasteiger partial charge is 0.465 e. The third kappa shape index (κ3) is 4.29.